The summed E-state index contributed by atoms with van der Waals surface area (Å²) in [6, 6.07) is 83.2. The molecule has 1 aromatic heterocycles. The molecule has 3 aliphatic rings. The van der Waals surface area contributed by atoms with Crippen molar-refractivity contribution in [3.05, 3.63) is 258 Å². The Morgan fingerprint density at radius 2 is 0.833 bits per heavy atom. The van der Waals surface area contributed by atoms with Crippen LogP contribution in [0.2, 0.25) is 0 Å². The van der Waals surface area contributed by atoms with Crippen molar-refractivity contribution in [2.24, 2.45) is 0 Å². The number of rotatable bonds is 5. The Morgan fingerprint density at radius 3 is 1.52 bits per heavy atom. The summed E-state index contributed by atoms with van der Waals surface area (Å²) >= 11 is 0. The third-order valence-electron chi connectivity index (χ3n) is 15.1. The molecule has 0 saturated heterocycles. The lowest BCUT2D eigenvalue weighted by molar-refractivity contribution is 0.660. The number of nitrogens with zero attached hydrogens (tertiary/aromatic N) is 1. The second kappa shape index (κ2) is 13.7. The Morgan fingerprint density at radius 1 is 0.333 bits per heavy atom. The molecule has 0 N–H and O–H groups in total. The van der Waals surface area contributed by atoms with E-state index in [4.69, 9.17) is 4.42 Å². The largest absolute Gasteiger partial charge is 0.454 e. The summed E-state index contributed by atoms with van der Waals surface area (Å²) in [6.07, 6.45) is 0. The number of fused-ring (bicyclic) bond motifs is 16. The highest BCUT2D eigenvalue weighted by atomic mass is 16.3. The van der Waals surface area contributed by atoms with Gasteiger partial charge in [-0.1, -0.05) is 190 Å². The first kappa shape index (κ1) is 37.2. The SMILES string of the molecule is CC1(C)c2ccccc2-c2ccc(N(c3ccc(-c4ccccc4)cc3)c3cc(-c4ccc5c(c4)C4(c6ccccc6-c6ccccc64)c4ccccc4-5)cc4c3oc3ccccc34)cc21. The van der Waals surface area contributed by atoms with Crippen molar-refractivity contribution in [2.75, 3.05) is 4.90 Å². The normalized spacial score (nSPS) is 14.2. The van der Waals surface area contributed by atoms with Crippen molar-refractivity contribution in [1.29, 1.82) is 0 Å². The van der Waals surface area contributed by atoms with Crippen LogP contribution in [-0.2, 0) is 10.8 Å². The van der Waals surface area contributed by atoms with E-state index in [1.165, 1.54) is 83.5 Å². The van der Waals surface area contributed by atoms with E-state index < -0.39 is 5.41 Å². The molecule has 2 nitrogen and oxygen atoms in total. The van der Waals surface area contributed by atoms with Crippen LogP contribution in [0, 0.1) is 0 Å². The molecular weight excluding hydrogens is 799 g/mol. The zero-order valence-electron chi connectivity index (χ0n) is 36.7. The Hall–Kier alpha value is -8.20. The monoisotopic (exact) mass is 841 g/mol. The molecule has 1 heterocycles. The summed E-state index contributed by atoms with van der Waals surface area (Å²) in [6.45, 7) is 4.72. The van der Waals surface area contributed by atoms with Crippen LogP contribution in [0.3, 0.4) is 0 Å². The van der Waals surface area contributed by atoms with E-state index in [2.05, 4.69) is 243 Å². The van der Waals surface area contributed by atoms with E-state index >= 15 is 0 Å². The second-order valence-corrected chi connectivity index (χ2v) is 18.8. The molecule has 310 valence electrons. The fourth-order valence-electron chi connectivity index (χ4n) is 12.1. The van der Waals surface area contributed by atoms with Crippen molar-refractivity contribution in [3.63, 3.8) is 0 Å². The minimum absolute atomic E-state index is 0.170. The summed E-state index contributed by atoms with van der Waals surface area (Å²) in [5, 5.41) is 2.19. The molecule has 10 aromatic carbocycles. The average Bonchev–Trinajstić information content (AvgIpc) is 4.06. The van der Waals surface area contributed by atoms with Gasteiger partial charge in [0.05, 0.1) is 11.1 Å². The third kappa shape index (κ3) is 5.01. The smallest absolute Gasteiger partial charge is 0.159 e. The van der Waals surface area contributed by atoms with E-state index in [1.54, 1.807) is 0 Å². The quantitative estimate of drug-likeness (QED) is 0.172. The standard InChI is InChI=1S/C64H43NO/c1-63(2)54-23-11-6-18-46(54)50-35-33-45(39-58(50)63)65(44-31-28-41(29-32-44)40-16-4-3-5-17-40)60-38-43(36-53-52-22-10-15-27-61(52)66-62(53)60)42-30-34-51-49-21-9-14-26-57(49)64(59(51)37-42)55-24-12-7-19-47(55)48-20-8-13-25-56(48)64/h3-39H,1-2H3. The number of benzene rings is 10. The number of furan rings is 1. The molecule has 0 atom stereocenters. The van der Waals surface area contributed by atoms with Crippen LogP contribution in [0.5, 0.6) is 0 Å². The molecule has 11 aromatic rings. The molecule has 14 rings (SSSR count). The molecule has 0 saturated carbocycles. The van der Waals surface area contributed by atoms with Crippen molar-refractivity contribution < 1.29 is 4.42 Å². The van der Waals surface area contributed by atoms with Crippen LogP contribution in [0.1, 0.15) is 47.2 Å². The van der Waals surface area contributed by atoms with Gasteiger partial charge in [0.1, 0.15) is 5.58 Å². The van der Waals surface area contributed by atoms with Gasteiger partial charge in [0.25, 0.3) is 0 Å². The first-order valence-electron chi connectivity index (χ1n) is 23.1. The van der Waals surface area contributed by atoms with Gasteiger partial charge in [0, 0.05) is 27.6 Å². The van der Waals surface area contributed by atoms with Crippen LogP contribution >= 0.6 is 0 Å². The summed E-state index contributed by atoms with van der Waals surface area (Å²) in [5.41, 5.74) is 24.8. The molecule has 0 bridgehead atoms. The van der Waals surface area contributed by atoms with Crippen molar-refractivity contribution in [3.8, 4) is 55.6 Å². The molecule has 66 heavy (non-hydrogen) atoms. The molecule has 0 unspecified atom stereocenters. The Kier molecular flexibility index (Phi) is 7.70. The van der Waals surface area contributed by atoms with Gasteiger partial charge in [-0.15, -0.1) is 0 Å². The lowest BCUT2D eigenvalue weighted by Gasteiger charge is -2.31. The van der Waals surface area contributed by atoms with Crippen LogP contribution < -0.4 is 4.90 Å². The van der Waals surface area contributed by atoms with Gasteiger partial charge in [-0.2, -0.15) is 0 Å². The van der Waals surface area contributed by atoms with Crippen molar-refractivity contribution >= 4 is 39.0 Å². The van der Waals surface area contributed by atoms with Gasteiger partial charge in [0.2, 0.25) is 0 Å². The molecule has 0 fully saturated rings. The first-order chi connectivity index (χ1) is 32.5. The van der Waals surface area contributed by atoms with Gasteiger partial charge >= 0.3 is 0 Å². The number of hydrogen-bond acceptors (Lipinski definition) is 2. The summed E-state index contributed by atoms with van der Waals surface area (Å²) in [5.74, 6) is 0. The maximum atomic E-state index is 7.00. The fraction of sp³-hybridized carbons (Fsp3) is 0.0625. The maximum Gasteiger partial charge on any atom is 0.159 e. The van der Waals surface area contributed by atoms with Crippen LogP contribution in [0.4, 0.5) is 17.1 Å². The van der Waals surface area contributed by atoms with E-state index in [0.717, 1.165) is 44.6 Å². The minimum Gasteiger partial charge on any atom is -0.454 e. The molecular formula is C64H43NO. The van der Waals surface area contributed by atoms with E-state index in [0.29, 0.717) is 0 Å². The highest BCUT2D eigenvalue weighted by Gasteiger charge is 2.51. The first-order valence-corrected chi connectivity index (χ1v) is 23.1. The Labute approximate surface area is 384 Å². The molecule has 0 radical (unpaired) electrons. The van der Waals surface area contributed by atoms with E-state index in [-0.39, 0.29) is 5.41 Å². The Bertz CT molecular complexity index is 3730. The average molecular weight is 842 g/mol. The summed E-state index contributed by atoms with van der Waals surface area (Å²) in [4.78, 5) is 2.43. The van der Waals surface area contributed by atoms with E-state index in [9.17, 15) is 0 Å². The van der Waals surface area contributed by atoms with Gasteiger partial charge in [0.15, 0.2) is 5.58 Å². The number of para-hydroxylation sites is 1. The van der Waals surface area contributed by atoms with Gasteiger partial charge in [-0.25, -0.2) is 0 Å². The van der Waals surface area contributed by atoms with Crippen LogP contribution in [-0.4, -0.2) is 0 Å². The van der Waals surface area contributed by atoms with Gasteiger partial charge in [-0.3, -0.25) is 0 Å². The summed E-state index contributed by atoms with van der Waals surface area (Å²) < 4.78 is 7.00. The predicted octanol–water partition coefficient (Wildman–Crippen LogP) is 17.0. The van der Waals surface area contributed by atoms with E-state index in [1.807, 2.05) is 0 Å². The number of hydrogen-bond donors (Lipinski definition) is 0. The number of anilines is 3. The van der Waals surface area contributed by atoms with Crippen molar-refractivity contribution in [1.82, 2.24) is 0 Å². The lowest BCUT2D eigenvalue weighted by atomic mass is 9.70. The predicted molar refractivity (Wildman–Crippen MR) is 273 cm³/mol. The highest BCUT2D eigenvalue weighted by Crippen LogP contribution is 2.63. The van der Waals surface area contributed by atoms with Crippen LogP contribution in [0.15, 0.2) is 229 Å². The fourth-order valence-corrected chi connectivity index (χ4v) is 12.1. The summed E-state index contributed by atoms with van der Waals surface area (Å²) in [7, 11) is 0. The Balaban J connectivity index is 1.02. The lowest BCUT2D eigenvalue weighted by Crippen LogP contribution is -2.25. The maximum absolute atomic E-state index is 7.00. The topological polar surface area (TPSA) is 16.4 Å². The zero-order chi connectivity index (χ0) is 43.7. The molecule has 3 aliphatic carbocycles. The third-order valence-corrected chi connectivity index (χ3v) is 15.1. The van der Waals surface area contributed by atoms with Gasteiger partial charge in [-0.05, 0) is 138 Å². The second-order valence-electron chi connectivity index (χ2n) is 18.8. The molecule has 1 spiro atoms. The molecule has 2 heteroatoms. The molecule has 0 aliphatic heterocycles. The highest BCUT2D eigenvalue weighted by molar-refractivity contribution is 6.12. The molecule has 0 amide bonds. The van der Waals surface area contributed by atoms with Crippen LogP contribution in [0.25, 0.3) is 77.6 Å². The van der Waals surface area contributed by atoms with Gasteiger partial charge < -0.3 is 9.32 Å². The zero-order valence-corrected chi connectivity index (χ0v) is 36.7. The minimum atomic E-state index is -0.439. The van der Waals surface area contributed by atoms with Crippen molar-refractivity contribution in [2.45, 2.75) is 24.7 Å².